The third kappa shape index (κ3) is 2.01. The quantitative estimate of drug-likeness (QED) is 0.631. The Bertz CT molecular complexity index is 118. The summed E-state index contributed by atoms with van der Waals surface area (Å²) in [6.45, 7) is 2.73. The third-order valence-electron chi connectivity index (χ3n) is 2.07. The van der Waals surface area contributed by atoms with Crippen molar-refractivity contribution in [2.24, 2.45) is 5.92 Å². The minimum Gasteiger partial charge on any atom is -0.356 e. The van der Waals surface area contributed by atoms with Crippen LogP contribution in [0.25, 0.3) is 0 Å². The molecule has 0 bridgehead atoms. The van der Waals surface area contributed by atoms with Gasteiger partial charge in [-0.2, -0.15) is 0 Å². The lowest BCUT2D eigenvalue weighted by Crippen LogP contribution is -2.27. The van der Waals surface area contributed by atoms with Gasteiger partial charge in [0.05, 0.1) is 0 Å². The summed E-state index contributed by atoms with van der Waals surface area (Å²) in [5.41, 5.74) is 0. The topological polar surface area (TPSA) is 29.1 Å². The lowest BCUT2D eigenvalue weighted by molar-refractivity contribution is -0.122. The van der Waals surface area contributed by atoms with E-state index in [1.54, 1.807) is 0 Å². The highest BCUT2D eigenvalue weighted by molar-refractivity contribution is 5.76. The van der Waals surface area contributed by atoms with E-state index in [9.17, 15) is 4.79 Å². The van der Waals surface area contributed by atoms with E-state index >= 15 is 0 Å². The molecule has 1 amide bonds. The molecule has 1 rings (SSSR count). The van der Waals surface area contributed by atoms with Gasteiger partial charge in [-0.15, -0.1) is 0 Å². The van der Waals surface area contributed by atoms with Crippen molar-refractivity contribution < 1.29 is 4.79 Å². The van der Waals surface area contributed by atoms with E-state index in [-0.39, 0.29) is 5.91 Å². The van der Waals surface area contributed by atoms with Crippen LogP contribution < -0.4 is 5.32 Å². The van der Waals surface area contributed by atoms with E-state index < -0.39 is 0 Å². The van der Waals surface area contributed by atoms with Crippen LogP contribution in [0.15, 0.2) is 0 Å². The maximum Gasteiger partial charge on any atom is 0.220 e. The first kappa shape index (κ1) is 7.58. The smallest absolute Gasteiger partial charge is 0.220 e. The zero-order valence-corrected chi connectivity index (χ0v) is 6.52. The maximum atomic E-state index is 10.9. The van der Waals surface area contributed by atoms with E-state index in [1.807, 2.05) is 6.92 Å². The second kappa shape index (κ2) is 3.59. The number of amides is 1. The number of carbonyl (C=O) groups is 1. The Hall–Kier alpha value is -0.530. The predicted octanol–water partition coefficient (Wildman–Crippen LogP) is 1.31. The average molecular weight is 141 g/mol. The Kier molecular flexibility index (Phi) is 2.72. The number of hydrogen-bond acceptors (Lipinski definition) is 1. The highest BCUT2D eigenvalue weighted by Crippen LogP contribution is 2.28. The van der Waals surface area contributed by atoms with Crippen LogP contribution >= 0.6 is 0 Å². The van der Waals surface area contributed by atoms with E-state index in [0.29, 0.717) is 5.92 Å². The minimum atomic E-state index is 0.229. The van der Waals surface area contributed by atoms with Crippen LogP contribution in [-0.4, -0.2) is 12.5 Å². The summed E-state index contributed by atoms with van der Waals surface area (Å²) < 4.78 is 0. The zero-order chi connectivity index (χ0) is 7.40. The highest BCUT2D eigenvalue weighted by Gasteiger charge is 2.19. The molecule has 0 radical (unpaired) electrons. The molecule has 1 fully saturated rings. The molecule has 1 saturated carbocycles. The zero-order valence-electron chi connectivity index (χ0n) is 6.52. The second-order valence-electron chi connectivity index (χ2n) is 2.95. The predicted molar refractivity (Wildman–Crippen MR) is 40.6 cm³/mol. The van der Waals surface area contributed by atoms with Gasteiger partial charge >= 0.3 is 0 Å². The van der Waals surface area contributed by atoms with Gasteiger partial charge in [0.25, 0.3) is 0 Å². The molecule has 1 N–H and O–H groups in total. The van der Waals surface area contributed by atoms with Crippen molar-refractivity contribution in [1.82, 2.24) is 5.32 Å². The van der Waals surface area contributed by atoms with Crippen LogP contribution in [0.4, 0.5) is 0 Å². The lowest BCUT2D eigenvalue weighted by atomic mass is 9.83. The summed E-state index contributed by atoms with van der Waals surface area (Å²) in [6, 6.07) is 0. The summed E-state index contributed by atoms with van der Waals surface area (Å²) in [7, 11) is 0. The van der Waals surface area contributed by atoms with E-state index in [2.05, 4.69) is 5.32 Å². The highest BCUT2D eigenvalue weighted by atomic mass is 16.1. The van der Waals surface area contributed by atoms with E-state index in [4.69, 9.17) is 0 Å². The van der Waals surface area contributed by atoms with Crippen LogP contribution in [-0.2, 0) is 4.79 Å². The van der Waals surface area contributed by atoms with Gasteiger partial charge in [-0.1, -0.05) is 6.42 Å². The number of rotatable bonds is 3. The number of hydrogen-bond donors (Lipinski definition) is 1. The van der Waals surface area contributed by atoms with Crippen molar-refractivity contribution in [3.05, 3.63) is 0 Å². The molecule has 2 heteroatoms. The standard InChI is InChI=1S/C8H15NO/c1-2-9-8(10)6-7-4-3-5-7/h7H,2-6H2,1H3,(H,9,10). The van der Waals surface area contributed by atoms with Gasteiger partial charge in [-0.05, 0) is 25.7 Å². The molecule has 0 aliphatic heterocycles. The van der Waals surface area contributed by atoms with Crippen LogP contribution in [0.2, 0.25) is 0 Å². The molecular formula is C8H15NO. The molecule has 10 heavy (non-hydrogen) atoms. The Labute approximate surface area is 62.0 Å². The molecule has 1 aliphatic carbocycles. The van der Waals surface area contributed by atoms with E-state index in [1.165, 1.54) is 19.3 Å². The fraction of sp³-hybridized carbons (Fsp3) is 0.875. The Morgan fingerprint density at radius 3 is 2.70 bits per heavy atom. The lowest BCUT2D eigenvalue weighted by Gasteiger charge is -2.24. The molecule has 0 aromatic rings. The van der Waals surface area contributed by atoms with E-state index in [0.717, 1.165) is 13.0 Å². The molecule has 0 spiro atoms. The van der Waals surface area contributed by atoms with Crippen LogP contribution in [0.5, 0.6) is 0 Å². The van der Waals surface area contributed by atoms with Gasteiger partial charge < -0.3 is 5.32 Å². The second-order valence-corrected chi connectivity index (χ2v) is 2.95. The normalized spacial score (nSPS) is 18.1. The largest absolute Gasteiger partial charge is 0.356 e. The van der Waals surface area contributed by atoms with Crippen molar-refractivity contribution in [3.8, 4) is 0 Å². The SMILES string of the molecule is CCNC(=O)CC1CCC1. The summed E-state index contributed by atoms with van der Waals surface area (Å²) in [4.78, 5) is 10.9. The third-order valence-corrected chi connectivity index (χ3v) is 2.07. The summed E-state index contributed by atoms with van der Waals surface area (Å²) in [5.74, 6) is 0.929. The summed E-state index contributed by atoms with van der Waals surface area (Å²) >= 11 is 0. The van der Waals surface area contributed by atoms with Crippen molar-refractivity contribution in [1.29, 1.82) is 0 Å². The first-order valence-electron chi connectivity index (χ1n) is 4.09. The molecule has 1 aliphatic rings. The van der Waals surface area contributed by atoms with Crippen molar-refractivity contribution in [2.75, 3.05) is 6.54 Å². The first-order chi connectivity index (χ1) is 4.83. The summed E-state index contributed by atoms with van der Waals surface area (Å²) in [5, 5.41) is 2.81. The Morgan fingerprint density at radius 1 is 1.60 bits per heavy atom. The van der Waals surface area contributed by atoms with Gasteiger partial charge in [0.15, 0.2) is 0 Å². The molecule has 0 aromatic carbocycles. The number of nitrogens with one attached hydrogen (secondary N) is 1. The van der Waals surface area contributed by atoms with Gasteiger partial charge in [-0.3, -0.25) is 4.79 Å². The van der Waals surface area contributed by atoms with Crippen LogP contribution in [0.3, 0.4) is 0 Å². The van der Waals surface area contributed by atoms with Crippen molar-refractivity contribution in [2.45, 2.75) is 32.6 Å². The van der Waals surface area contributed by atoms with Crippen LogP contribution in [0.1, 0.15) is 32.6 Å². The van der Waals surface area contributed by atoms with Gasteiger partial charge in [-0.25, -0.2) is 0 Å². The maximum absolute atomic E-state index is 10.9. The van der Waals surface area contributed by atoms with Gasteiger partial charge in [0.1, 0.15) is 0 Å². The molecule has 0 unspecified atom stereocenters. The molecule has 58 valence electrons. The number of carbonyl (C=O) groups excluding carboxylic acids is 1. The monoisotopic (exact) mass is 141 g/mol. The average Bonchev–Trinajstić information content (AvgIpc) is 1.80. The molecule has 0 atom stereocenters. The van der Waals surface area contributed by atoms with Gasteiger partial charge in [0.2, 0.25) is 5.91 Å². The molecule has 2 nitrogen and oxygen atoms in total. The Morgan fingerprint density at radius 2 is 2.30 bits per heavy atom. The Balaban J connectivity index is 2.05. The molecule has 0 saturated heterocycles. The van der Waals surface area contributed by atoms with Gasteiger partial charge in [0, 0.05) is 13.0 Å². The fourth-order valence-electron chi connectivity index (χ4n) is 1.23. The molecule has 0 aromatic heterocycles. The summed E-state index contributed by atoms with van der Waals surface area (Å²) in [6.07, 6.45) is 4.60. The molecule has 0 heterocycles. The minimum absolute atomic E-state index is 0.229. The van der Waals surface area contributed by atoms with Crippen molar-refractivity contribution in [3.63, 3.8) is 0 Å². The first-order valence-corrected chi connectivity index (χ1v) is 4.09. The fourth-order valence-corrected chi connectivity index (χ4v) is 1.23. The molecular weight excluding hydrogens is 126 g/mol. The van der Waals surface area contributed by atoms with Crippen LogP contribution in [0, 0.1) is 5.92 Å². The van der Waals surface area contributed by atoms with Crippen molar-refractivity contribution >= 4 is 5.91 Å².